The van der Waals surface area contributed by atoms with Gasteiger partial charge in [0.25, 0.3) is 0 Å². The van der Waals surface area contributed by atoms with E-state index in [1.54, 1.807) is 16.3 Å². The van der Waals surface area contributed by atoms with Gasteiger partial charge in [-0.05, 0) is 25.0 Å². The van der Waals surface area contributed by atoms with Crippen molar-refractivity contribution < 1.29 is 9.47 Å². The maximum atomic E-state index is 6.17. The maximum absolute atomic E-state index is 6.17. The van der Waals surface area contributed by atoms with Gasteiger partial charge in [0.15, 0.2) is 11.5 Å². The molecule has 1 fully saturated rings. The summed E-state index contributed by atoms with van der Waals surface area (Å²) in [6.45, 7) is 0.655. The summed E-state index contributed by atoms with van der Waals surface area (Å²) in [5, 5.41) is 9.79. The van der Waals surface area contributed by atoms with Gasteiger partial charge in [-0.15, -0.1) is 5.10 Å². The number of hydrogen-bond acceptors (Lipinski definition) is 7. The molecule has 0 unspecified atom stereocenters. The molecule has 28 heavy (non-hydrogen) atoms. The summed E-state index contributed by atoms with van der Waals surface area (Å²) in [5.41, 5.74) is 8.63. The Kier molecular flexibility index (Phi) is 3.90. The average Bonchev–Trinajstić information content (AvgIpc) is 3.35. The molecule has 1 aliphatic rings. The Balaban J connectivity index is 1.56. The van der Waals surface area contributed by atoms with Gasteiger partial charge in [-0.2, -0.15) is 9.61 Å². The quantitative estimate of drug-likeness (QED) is 0.582. The molecule has 0 bridgehead atoms. The molecule has 9 nitrogen and oxygen atoms in total. The number of aryl methyl sites for hydroxylation is 1. The zero-order valence-electron chi connectivity index (χ0n) is 15.7. The minimum Gasteiger partial charge on any atom is -0.494 e. The molecule has 0 radical (unpaired) electrons. The first-order valence-corrected chi connectivity index (χ1v) is 9.23. The summed E-state index contributed by atoms with van der Waals surface area (Å²) in [6, 6.07) is 5.74. The fourth-order valence-corrected chi connectivity index (χ4v) is 3.85. The smallest absolute Gasteiger partial charge is 0.223 e. The van der Waals surface area contributed by atoms with Gasteiger partial charge in [0.2, 0.25) is 5.95 Å². The molecule has 4 heterocycles. The highest BCUT2D eigenvalue weighted by atomic mass is 16.5. The van der Waals surface area contributed by atoms with Crippen molar-refractivity contribution in [2.45, 2.75) is 24.9 Å². The molecule has 0 saturated carbocycles. The van der Waals surface area contributed by atoms with Crippen LogP contribution in [0.25, 0.3) is 16.6 Å². The van der Waals surface area contributed by atoms with E-state index < -0.39 is 0 Å². The fraction of sp³-hybridized carbons (Fsp3) is 0.368. The van der Waals surface area contributed by atoms with Gasteiger partial charge in [-0.3, -0.25) is 4.68 Å². The lowest BCUT2D eigenvalue weighted by Gasteiger charge is -2.27. The van der Waals surface area contributed by atoms with Crippen molar-refractivity contribution in [2.75, 3.05) is 19.5 Å². The van der Waals surface area contributed by atoms with Crippen LogP contribution in [0.4, 0.5) is 5.95 Å². The Morgan fingerprint density at radius 2 is 2.18 bits per heavy atom. The molecule has 144 valence electrons. The van der Waals surface area contributed by atoms with E-state index in [9.17, 15) is 0 Å². The molecule has 2 atom stereocenters. The van der Waals surface area contributed by atoms with Crippen LogP contribution in [-0.2, 0) is 11.8 Å². The second-order valence-corrected chi connectivity index (χ2v) is 7.06. The number of anilines is 1. The van der Waals surface area contributed by atoms with Crippen LogP contribution < -0.4 is 10.5 Å². The van der Waals surface area contributed by atoms with E-state index in [-0.39, 0.29) is 12.0 Å². The van der Waals surface area contributed by atoms with E-state index in [1.807, 2.05) is 37.6 Å². The summed E-state index contributed by atoms with van der Waals surface area (Å²) in [7, 11) is 3.52. The number of hydrogen-bond donors (Lipinski definition) is 1. The van der Waals surface area contributed by atoms with E-state index >= 15 is 0 Å². The molecular formula is C19H21N7O2. The number of ether oxygens (including phenoxy) is 2. The van der Waals surface area contributed by atoms with Crippen LogP contribution >= 0.6 is 0 Å². The monoisotopic (exact) mass is 379 g/mol. The largest absolute Gasteiger partial charge is 0.494 e. The number of nitrogen functional groups attached to an aromatic ring is 1. The standard InChI is InChI=1S/C19H21N7O2/c1-25-10-12(9-21-25)15-8-11(6-7-28-15)17-23-18-13-4-3-5-14(27-2)16(13)22-19(20)26(18)24-17/h3-5,9-11,15H,6-8H2,1-2H3,(H2,20,22)/t11-,15-/m1/s1. The number of nitrogens with two attached hydrogens (primary N) is 1. The Morgan fingerprint density at radius 3 is 2.96 bits per heavy atom. The molecular weight excluding hydrogens is 358 g/mol. The summed E-state index contributed by atoms with van der Waals surface area (Å²) >= 11 is 0. The van der Waals surface area contributed by atoms with Crippen LogP contribution in [0.5, 0.6) is 5.75 Å². The summed E-state index contributed by atoms with van der Waals surface area (Å²) in [6.07, 6.45) is 5.50. The van der Waals surface area contributed by atoms with Crippen LogP contribution in [0.3, 0.4) is 0 Å². The number of rotatable bonds is 3. The molecule has 1 aromatic carbocycles. The molecule has 0 spiro atoms. The van der Waals surface area contributed by atoms with Crippen LogP contribution in [0.1, 0.15) is 36.3 Å². The van der Waals surface area contributed by atoms with E-state index in [4.69, 9.17) is 20.2 Å². The first-order valence-electron chi connectivity index (χ1n) is 9.23. The van der Waals surface area contributed by atoms with Crippen molar-refractivity contribution in [1.29, 1.82) is 0 Å². The lowest BCUT2D eigenvalue weighted by molar-refractivity contribution is 0.00396. The molecule has 2 N–H and O–H groups in total. The minimum absolute atomic E-state index is 0.00799. The highest BCUT2D eigenvalue weighted by Gasteiger charge is 2.29. The second kappa shape index (κ2) is 6.45. The van der Waals surface area contributed by atoms with Gasteiger partial charge in [0.05, 0.1) is 19.4 Å². The number of fused-ring (bicyclic) bond motifs is 3. The predicted octanol–water partition coefficient (Wildman–Crippen LogP) is 2.24. The Labute approximate surface area is 161 Å². The van der Waals surface area contributed by atoms with Crippen molar-refractivity contribution >= 4 is 22.5 Å². The average molecular weight is 379 g/mol. The molecule has 0 amide bonds. The third kappa shape index (κ3) is 2.66. The predicted molar refractivity (Wildman–Crippen MR) is 103 cm³/mol. The number of methoxy groups -OCH3 is 1. The third-order valence-electron chi connectivity index (χ3n) is 5.27. The summed E-state index contributed by atoms with van der Waals surface area (Å²) < 4.78 is 14.8. The number of para-hydroxylation sites is 1. The molecule has 1 aliphatic heterocycles. The Morgan fingerprint density at radius 1 is 1.29 bits per heavy atom. The number of nitrogens with zero attached hydrogens (tertiary/aromatic N) is 6. The van der Waals surface area contributed by atoms with Gasteiger partial charge in [0, 0.05) is 36.7 Å². The van der Waals surface area contributed by atoms with Crippen molar-refractivity contribution in [1.82, 2.24) is 29.4 Å². The van der Waals surface area contributed by atoms with Gasteiger partial charge in [-0.25, -0.2) is 9.97 Å². The Hall–Kier alpha value is -3.20. The molecule has 4 aromatic rings. The number of aromatic nitrogens is 6. The molecule has 5 rings (SSSR count). The van der Waals surface area contributed by atoms with Crippen LogP contribution in [0.15, 0.2) is 30.6 Å². The van der Waals surface area contributed by atoms with Crippen molar-refractivity contribution in [3.63, 3.8) is 0 Å². The lowest BCUT2D eigenvalue weighted by Crippen LogP contribution is -2.19. The highest BCUT2D eigenvalue weighted by molar-refractivity contribution is 5.95. The number of benzene rings is 1. The normalized spacial score (nSPS) is 20.1. The summed E-state index contributed by atoms with van der Waals surface area (Å²) in [4.78, 5) is 9.31. The van der Waals surface area contributed by atoms with Gasteiger partial charge in [-0.1, -0.05) is 6.07 Å². The maximum Gasteiger partial charge on any atom is 0.223 e. The Bertz CT molecular complexity index is 1170. The fourth-order valence-electron chi connectivity index (χ4n) is 3.85. The summed E-state index contributed by atoms with van der Waals surface area (Å²) in [5.74, 6) is 1.90. The van der Waals surface area contributed by atoms with Crippen LogP contribution in [0.2, 0.25) is 0 Å². The van der Waals surface area contributed by atoms with Crippen molar-refractivity contribution in [3.05, 3.63) is 42.0 Å². The van der Waals surface area contributed by atoms with Crippen LogP contribution in [0, 0.1) is 0 Å². The first-order chi connectivity index (χ1) is 13.6. The zero-order valence-corrected chi connectivity index (χ0v) is 15.7. The van der Waals surface area contributed by atoms with E-state index in [0.717, 1.165) is 29.6 Å². The zero-order chi connectivity index (χ0) is 19.3. The first kappa shape index (κ1) is 16.9. The van der Waals surface area contributed by atoms with E-state index in [2.05, 4.69) is 15.2 Å². The van der Waals surface area contributed by atoms with E-state index in [0.29, 0.717) is 29.5 Å². The third-order valence-corrected chi connectivity index (χ3v) is 5.27. The van der Waals surface area contributed by atoms with Gasteiger partial charge in [0.1, 0.15) is 11.3 Å². The van der Waals surface area contributed by atoms with Gasteiger partial charge < -0.3 is 15.2 Å². The minimum atomic E-state index is -0.00799. The van der Waals surface area contributed by atoms with Gasteiger partial charge >= 0.3 is 0 Å². The molecule has 1 saturated heterocycles. The lowest BCUT2D eigenvalue weighted by atomic mass is 9.92. The topological polar surface area (TPSA) is 105 Å². The molecule has 9 heteroatoms. The van der Waals surface area contributed by atoms with E-state index in [1.165, 1.54) is 0 Å². The van der Waals surface area contributed by atoms with Crippen molar-refractivity contribution in [2.24, 2.45) is 7.05 Å². The molecule has 0 aliphatic carbocycles. The molecule has 3 aromatic heterocycles. The second-order valence-electron chi connectivity index (χ2n) is 7.06. The van der Waals surface area contributed by atoms with Crippen LogP contribution in [-0.4, -0.2) is 43.1 Å². The van der Waals surface area contributed by atoms with Crippen molar-refractivity contribution in [3.8, 4) is 5.75 Å². The highest BCUT2D eigenvalue weighted by Crippen LogP contribution is 2.37. The SMILES string of the molecule is COc1cccc2c1nc(N)n1nc([C@@H]3CCO[C@@H](c4cnn(C)c4)C3)nc21.